The van der Waals surface area contributed by atoms with E-state index in [-0.39, 0.29) is 23.1 Å². The van der Waals surface area contributed by atoms with Crippen LogP contribution in [0.4, 0.5) is 21.0 Å². The first kappa shape index (κ1) is 29.7. The van der Waals surface area contributed by atoms with Crippen molar-refractivity contribution in [2.75, 3.05) is 17.7 Å². The topological polar surface area (TPSA) is 108 Å². The van der Waals surface area contributed by atoms with Gasteiger partial charge in [-0.25, -0.2) is 4.79 Å². The maximum Gasteiger partial charge on any atom is 0.323 e. The second-order valence-electron chi connectivity index (χ2n) is 10.9. The number of imide groups is 1. The molecule has 5 aromatic rings. The van der Waals surface area contributed by atoms with Crippen LogP contribution in [0.25, 0.3) is 21.9 Å². The number of hydrogen-bond acceptors (Lipinski definition) is 5. The second kappa shape index (κ2) is 13.1. The molecular weight excluding hydrogens is 584 g/mol. The van der Waals surface area contributed by atoms with Gasteiger partial charge < -0.3 is 15.5 Å². The van der Waals surface area contributed by atoms with Gasteiger partial charge in [0, 0.05) is 30.5 Å². The average molecular weight is 615 g/mol. The summed E-state index contributed by atoms with van der Waals surface area (Å²) in [5.41, 5.74) is 5.96. The monoisotopic (exact) mass is 614 g/mol. The number of amides is 5. The predicted octanol–water partition coefficient (Wildman–Crippen LogP) is 7.32. The first-order valence-corrected chi connectivity index (χ1v) is 15.3. The normalized spacial score (nSPS) is 14.2. The highest BCUT2D eigenvalue weighted by Crippen LogP contribution is 2.26. The Morgan fingerprint density at radius 2 is 1.47 bits per heavy atom. The molecular formula is C36H30N4O4S. The zero-order valence-electron chi connectivity index (χ0n) is 24.4. The molecule has 0 radical (unpaired) electrons. The Kier molecular flexibility index (Phi) is 8.61. The molecule has 1 unspecified atom stereocenters. The standard InChI is InChI=1S/C36H30N4O4S/c1-40(22-24-6-5-7-26(18-24)25-12-10-23(11-13-25)19-32-33(41)39-36(44)45-32)34(42)29-15-14-28-21-31(17-16-27(28)20-29)38-35(43)37-30-8-3-2-4-9-30/h2-18,20-21,32H,19,22H2,1H3,(H2,37,38,43)(H,39,41,44). The molecule has 0 aliphatic carbocycles. The number of rotatable bonds is 8. The number of fused-ring (bicyclic) bond motifs is 1. The van der Waals surface area contributed by atoms with Crippen LogP contribution in [0.3, 0.4) is 0 Å². The highest BCUT2D eigenvalue weighted by molar-refractivity contribution is 8.15. The van der Waals surface area contributed by atoms with E-state index < -0.39 is 5.25 Å². The molecule has 1 aliphatic rings. The molecule has 5 amide bonds. The summed E-state index contributed by atoms with van der Waals surface area (Å²) >= 11 is 1.03. The van der Waals surface area contributed by atoms with Gasteiger partial charge in [0.05, 0.1) is 5.25 Å². The van der Waals surface area contributed by atoms with Crippen LogP contribution in [0.15, 0.2) is 115 Å². The number of carbonyl (C=O) groups is 4. The summed E-state index contributed by atoms with van der Waals surface area (Å²) in [4.78, 5) is 50.8. The van der Waals surface area contributed by atoms with Crippen LogP contribution in [-0.4, -0.2) is 40.3 Å². The van der Waals surface area contributed by atoms with E-state index in [0.29, 0.717) is 29.9 Å². The van der Waals surface area contributed by atoms with Gasteiger partial charge in [-0.15, -0.1) is 0 Å². The molecule has 0 aromatic heterocycles. The lowest BCUT2D eigenvalue weighted by atomic mass is 10.00. The van der Waals surface area contributed by atoms with Gasteiger partial charge in [0.1, 0.15) is 0 Å². The minimum Gasteiger partial charge on any atom is -0.337 e. The Hall–Kier alpha value is -5.41. The number of carbonyl (C=O) groups excluding carboxylic acids is 4. The Labute approximate surface area is 264 Å². The maximum atomic E-state index is 13.4. The molecule has 9 heteroatoms. The van der Waals surface area contributed by atoms with Crippen molar-refractivity contribution in [3.63, 3.8) is 0 Å². The quantitative estimate of drug-likeness (QED) is 0.170. The largest absolute Gasteiger partial charge is 0.337 e. The van der Waals surface area contributed by atoms with Crippen LogP contribution in [0, 0.1) is 0 Å². The van der Waals surface area contributed by atoms with Gasteiger partial charge >= 0.3 is 6.03 Å². The maximum absolute atomic E-state index is 13.4. The summed E-state index contributed by atoms with van der Waals surface area (Å²) in [6.45, 7) is 0.435. The Morgan fingerprint density at radius 3 is 2.22 bits per heavy atom. The lowest BCUT2D eigenvalue weighted by Gasteiger charge is -2.18. The summed E-state index contributed by atoms with van der Waals surface area (Å²) in [5.74, 6) is -0.334. The number of anilines is 2. The summed E-state index contributed by atoms with van der Waals surface area (Å²) in [7, 11) is 1.79. The van der Waals surface area contributed by atoms with E-state index in [1.54, 1.807) is 18.0 Å². The fourth-order valence-corrected chi connectivity index (χ4v) is 6.12. The van der Waals surface area contributed by atoms with Crippen molar-refractivity contribution < 1.29 is 19.2 Å². The SMILES string of the molecule is CN(Cc1cccc(-c2ccc(CC3SC(=O)NC3=O)cc2)c1)C(=O)c1ccc2cc(NC(=O)Nc3ccccc3)ccc2c1. The van der Waals surface area contributed by atoms with Crippen molar-refractivity contribution in [2.45, 2.75) is 18.2 Å². The predicted molar refractivity (Wildman–Crippen MR) is 179 cm³/mol. The molecule has 1 saturated heterocycles. The van der Waals surface area contributed by atoms with Gasteiger partial charge in [0.25, 0.3) is 11.1 Å². The fourth-order valence-electron chi connectivity index (χ4n) is 5.26. The van der Waals surface area contributed by atoms with Gasteiger partial charge in [-0.2, -0.15) is 0 Å². The molecule has 0 saturated carbocycles. The van der Waals surface area contributed by atoms with Crippen molar-refractivity contribution in [1.82, 2.24) is 10.2 Å². The highest BCUT2D eigenvalue weighted by atomic mass is 32.2. The second-order valence-corrected chi connectivity index (χ2v) is 12.0. The number of nitrogens with one attached hydrogen (secondary N) is 3. The molecule has 3 N–H and O–H groups in total. The van der Waals surface area contributed by atoms with Crippen molar-refractivity contribution >= 4 is 57.0 Å². The number of benzene rings is 5. The van der Waals surface area contributed by atoms with Crippen LogP contribution >= 0.6 is 11.8 Å². The van der Waals surface area contributed by atoms with Gasteiger partial charge in [-0.3, -0.25) is 19.7 Å². The molecule has 1 fully saturated rings. The summed E-state index contributed by atoms with van der Waals surface area (Å²) in [5, 5.41) is 9.09. The van der Waals surface area contributed by atoms with Gasteiger partial charge in [0.2, 0.25) is 5.91 Å². The average Bonchev–Trinajstić information content (AvgIpc) is 3.36. The van der Waals surface area contributed by atoms with E-state index in [9.17, 15) is 19.2 Å². The molecule has 8 nitrogen and oxygen atoms in total. The minimum absolute atomic E-state index is 0.0941. The zero-order valence-corrected chi connectivity index (χ0v) is 25.3. The third-order valence-corrected chi connectivity index (χ3v) is 8.53. The van der Waals surface area contributed by atoms with E-state index in [1.165, 1.54) is 0 Å². The van der Waals surface area contributed by atoms with E-state index in [0.717, 1.165) is 44.8 Å². The zero-order chi connectivity index (χ0) is 31.3. The van der Waals surface area contributed by atoms with Crippen LogP contribution in [-0.2, 0) is 17.8 Å². The van der Waals surface area contributed by atoms with Crippen molar-refractivity contribution in [2.24, 2.45) is 0 Å². The Bertz CT molecular complexity index is 1910. The van der Waals surface area contributed by atoms with Crippen molar-refractivity contribution in [3.05, 3.63) is 132 Å². The first-order chi connectivity index (χ1) is 21.8. The third-order valence-electron chi connectivity index (χ3n) is 7.55. The molecule has 5 aromatic carbocycles. The number of nitrogens with zero attached hydrogens (tertiary/aromatic N) is 1. The molecule has 0 spiro atoms. The number of para-hydroxylation sites is 1. The third kappa shape index (κ3) is 7.22. The first-order valence-electron chi connectivity index (χ1n) is 14.4. The van der Waals surface area contributed by atoms with E-state index in [1.807, 2.05) is 103 Å². The van der Waals surface area contributed by atoms with Crippen LogP contribution in [0.5, 0.6) is 0 Å². The summed E-state index contributed by atoms with van der Waals surface area (Å²) in [6, 6.07) is 36.1. The lowest BCUT2D eigenvalue weighted by Crippen LogP contribution is -2.26. The van der Waals surface area contributed by atoms with E-state index >= 15 is 0 Å². The highest BCUT2D eigenvalue weighted by Gasteiger charge is 2.31. The van der Waals surface area contributed by atoms with E-state index in [4.69, 9.17) is 0 Å². The summed E-state index contributed by atoms with van der Waals surface area (Å²) < 4.78 is 0. The smallest absolute Gasteiger partial charge is 0.323 e. The molecule has 1 aliphatic heterocycles. The van der Waals surface area contributed by atoms with E-state index in [2.05, 4.69) is 22.0 Å². The molecule has 45 heavy (non-hydrogen) atoms. The molecule has 0 bridgehead atoms. The number of urea groups is 1. The van der Waals surface area contributed by atoms with Crippen molar-refractivity contribution in [1.29, 1.82) is 0 Å². The fraction of sp³-hybridized carbons (Fsp3) is 0.111. The number of hydrogen-bond donors (Lipinski definition) is 3. The number of thioether (sulfide) groups is 1. The lowest BCUT2D eigenvalue weighted by molar-refractivity contribution is -0.118. The minimum atomic E-state index is -0.393. The molecule has 224 valence electrons. The molecule has 1 heterocycles. The van der Waals surface area contributed by atoms with Crippen LogP contribution in [0.2, 0.25) is 0 Å². The van der Waals surface area contributed by atoms with Gasteiger partial charge in [-0.05, 0) is 81.9 Å². The Balaban J connectivity index is 1.08. The molecule has 1 atom stereocenters. The Morgan fingerprint density at radius 1 is 0.733 bits per heavy atom. The van der Waals surface area contributed by atoms with Gasteiger partial charge in [0.15, 0.2) is 0 Å². The van der Waals surface area contributed by atoms with Crippen LogP contribution in [0.1, 0.15) is 21.5 Å². The van der Waals surface area contributed by atoms with Crippen molar-refractivity contribution in [3.8, 4) is 11.1 Å². The molecule has 6 rings (SSSR count). The van der Waals surface area contributed by atoms with Gasteiger partial charge in [-0.1, -0.05) is 84.6 Å². The summed E-state index contributed by atoms with van der Waals surface area (Å²) in [6.07, 6.45) is 0.494. The van der Waals surface area contributed by atoms with Crippen LogP contribution < -0.4 is 16.0 Å².